The monoisotopic (exact) mass is 348 g/mol. The SMILES string of the molecule is Nc1ccn(CC(=O)N(Cc2ccccc2Br)C2CC2)n1. The summed E-state index contributed by atoms with van der Waals surface area (Å²) in [4.78, 5) is 14.5. The smallest absolute Gasteiger partial charge is 0.244 e. The Labute approximate surface area is 131 Å². The maximum atomic E-state index is 12.5. The molecule has 1 aliphatic carbocycles. The van der Waals surface area contributed by atoms with Crippen molar-refractivity contribution in [2.75, 3.05) is 5.73 Å². The van der Waals surface area contributed by atoms with Gasteiger partial charge in [0.1, 0.15) is 12.4 Å². The van der Waals surface area contributed by atoms with Crippen LogP contribution in [-0.4, -0.2) is 26.6 Å². The van der Waals surface area contributed by atoms with Gasteiger partial charge in [-0.1, -0.05) is 34.1 Å². The second-order valence-electron chi connectivity index (χ2n) is 5.28. The standard InChI is InChI=1S/C15H17BrN4O/c16-13-4-2-1-3-11(13)9-20(12-5-6-12)15(21)10-19-8-7-14(17)18-19/h1-4,7-8,12H,5-6,9-10H2,(H2,17,18). The number of hydrogen-bond donors (Lipinski definition) is 1. The van der Waals surface area contributed by atoms with Crippen molar-refractivity contribution >= 4 is 27.7 Å². The summed E-state index contributed by atoms with van der Waals surface area (Å²) in [5, 5.41) is 4.08. The van der Waals surface area contributed by atoms with Crippen LogP contribution in [0.25, 0.3) is 0 Å². The molecule has 1 aromatic heterocycles. The van der Waals surface area contributed by atoms with Crippen molar-refractivity contribution in [2.45, 2.75) is 32.0 Å². The summed E-state index contributed by atoms with van der Waals surface area (Å²) in [5.41, 5.74) is 6.71. The van der Waals surface area contributed by atoms with E-state index in [1.54, 1.807) is 16.9 Å². The molecule has 21 heavy (non-hydrogen) atoms. The van der Waals surface area contributed by atoms with E-state index in [4.69, 9.17) is 5.73 Å². The second kappa shape index (κ2) is 5.89. The molecule has 1 heterocycles. The third-order valence-electron chi connectivity index (χ3n) is 3.57. The maximum Gasteiger partial charge on any atom is 0.244 e. The Bertz CT molecular complexity index is 651. The summed E-state index contributed by atoms with van der Waals surface area (Å²) >= 11 is 3.54. The highest BCUT2D eigenvalue weighted by Crippen LogP contribution is 2.30. The first-order chi connectivity index (χ1) is 10.1. The number of carbonyl (C=O) groups is 1. The second-order valence-corrected chi connectivity index (χ2v) is 6.14. The quantitative estimate of drug-likeness (QED) is 0.902. The van der Waals surface area contributed by atoms with Crippen molar-refractivity contribution in [3.63, 3.8) is 0 Å². The van der Waals surface area contributed by atoms with Crippen LogP contribution in [0.2, 0.25) is 0 Å². The fourth-order valence-corrected chi connectivity index (χ4v) is 2.72. The molecule has 6 heteroatoms. The van der Waals surface area contributed by atoms with Crippen molar-refractivity contribution < 1.29 is 4.79 Å². The molecule has 1 saturated carbocycles. The predicted molar refractivity (Wildman–Crippen MR) is 84.4 cm³/mol. The summed E-state index contributed by atoms with van der Waals surface area (Å²) in [6, 6.07) is 10.1. The van der Waals surface area contributed by atoms with Crippen LogP contribution in [0, 0.1) is 0 Å². The van der Waals surface area contributed by atoms with E-state index in [9.17, 15) is 4.79 Å². The van der Waals surface area contributed by atoms with E-state index in [1.807, 2.05) is 29.2 Å². The first kappa shape index (κ1) is 14.1. The van der Waals surface area contributed by atoms with Crippen LogP contribution in [0.4, 0.5) is 5.82 Å². The third kappa shape index (κ3) is 3.44. The van der Waals surface area contributed by atoms with Crippen LogP contribution in [0.15, 0.2) is 41.0 Å². The maximum absolute atomic E-state index is 12.5. The minimum absolute atomic E-state index is 0.0800. The van der Waals surface area contributed by atoms with Crippen LogP contribution < -0.4 is 5.73 Å². The fraction of sp³-hybridized carbons (Fsp3) is 0.333. The van der Waals surface area contributed by atoms with E-state index in [0.717, 1.165) is 22.9 Å². The highest BCUT2D eigenvalue weighted by Gasteiger charge is 2.32. The number of aromatic nitrogens is 2. The molecule has 0 unspecified atom stereocenters. The highest BCUT2D eigenvalue weighted by molar-refractivity contribution is 9.10. The molecule has 0 atom stereocenters. The van der Waals surface area contributed by atoms with Gasteiger partial charge in [-0.15, -0.1) is 0 Å². The minimum Gasteiger partial charge on any atom is -0.382 e. The lowest BCUT2D eigenvalue weighted by molar-refractivity contribution is -0.133. The van der Waals surface area contributed by atoms with Gasteiger partial charge in [-0.05, 0) is 30.5 Å². The molecule has 5 nitrogen and oxygen atoms in total. The molecule has 1 aliphatic rings. The van der Waals surface area contributed by atoms with Gasteiger partial charge in [0.15, 0.2) is 0 Å². The van der Waals surface area contributed by atoms with E-state index >= 15 is 0 Å². The van der Waals surface area contributed by atoms with Crippen molar-refractivity contribution in [3.8, 4) is 0 Å². The van der Waals surface area contributed by atoms with Crippen molar-refractivity contribution in [2.24, 2.45) is 0 Å². The molecule has 0 aliphatic heterocycles. The molecule has 1 fully saturated rings. The molecule has 0 bridgehead atoms. The van der Waals surface area contributed by atoms with E-state index in [0.29, 0.717) is 18.4 Å². The van der Waals surface area contributed by atoms with Gasteiger partial charge in [-0.25, -0.2) is 0 Å². The number of anilines is 1. The van der Waals surface area contributed by atoms with E-state index in [2.05, 4.69) is 21.0 Å². The Morgan fingerprint density at radius 1 is 1.38 bits per heavy atom. The summed E-state index contributed by atoms with van der Waals surface area (Å²) in [6.45, 7) is 0.861. The molecular weight excluding hydrogens is 332 g/mol. The molecule has 2 aromatic rings. The van der Waals surface area contributed by atoms with Crippen molar-refractivity contribution in [1.29, 1.82) is 0 Å². The lowest BCUT2D eigenvalue weighted by Crippen LogP contribution is -2.35. The molecule has 2 N–H and O–H groups in total. The first-order valence-corrected chi connectivity index (χ1v) is 7.74. The molecule has 0 radical (unpaired) electrons. The largest absolute Gasteiger partial charge is 0.382 e. The van der Waals surface area contributed by atoms with Gasteiger partial charge in [0.05, 0.1) is 0 Å². The zero-order valence-electron chi connectivity index (χ0n) is 11.6. The number of hydrogen-bond acceptors (Lipinski definition) is 3. The van der Waals surface area contributed by atoms with Crippen LogP contribution in [0.5, 0.6) is 0 Å². The summed E-state index contributed by atoms with van der Waals surface area (Å²) in [5.74, 6) is 0.517. The molecule has 110 valence electrons. The molecule has 1 aromatic carbocycles. The van der Waals surface area contributed by atoms with Gasteiger partial charge in [0.25, 0.3) is 0 Å². The summed E-state index contributed by atoms with van der Waals surface area (Å²) in [7, 11) is 0. The van der Waals surface area contributed by atoms with Crippen LogP contribution in [0.3, 0.4) is 0 Å². The van der Waals surface area contributed by atoms with Gasteiger partial charge in [-0.2, -0.15) is 5.10 Å². The van der Waals surface area contributed by atoms with Gasteiger partial charge in [0, 0.05) is 23.3 Å². The van der Waals surface area contributed by atoms with Gasteiger partial charge in [-0.3, -0.25) is 9.48 Å². The number of nitrogen functional groups attached to an aromatic ring is 1. The Balaban J connectivity index is 1.72. The third-order valence-corrected chi connectivity index (χ3v) is 4.34. The normalized spacial score (nSPS) is 14.1. The number of nitrogens with zero attached hydrogens (tertiary/aromatic N) is 3. The van der Waals surface area contributed by atoms with Gasteiger partial charge < -0.3 is 10.6 Å². The zero-order chi connectivity index (χ0) is 14.8. The lowest BCUT2D eigenvalue weighted by Gasteiger charge is -2.23. The Morgan fingerprint density at radius 2 is 2.14 bits per heavy atom. The number of benzene rings is 1. The fourth-order valence-electron chi connectivity index (χ4n) is 2.31. The molecule has 0 spiro atoms. The Kier molecular flexibility index (Phi) is 3.96. The topological polar surface area (TPSA) is 64.2 Å². The minimum atomic E-state index is 0.0800. The summed E-state index contributed by atoms with van der Waals surface area (Å²) in [6.07, 6.45) is 3.89. The van der Waals surface area contributed by atoms with Crippen LogP contribution >= 0.6 is 15.9 Å². The number of halogens is 1. The number of rotatable bonds is 5. The number of carbonyl (C=O) groups excluding carboxylic acids is 1. The molecule has 1 amide bonds. The predicted octanol–water partition coefficient (Wildman–Crippen LogP) is 2.42. The average molecular weight is 349 g/mol. The van der Waals surface area contributed by atoms with Crippen molar-refractivity contribution in [1.82, 2.24) is 14.7 Å². The number of nitrogens with two attached hydrogens (primary N) is 1. The molecule has 3 rings (SSSR count). The van der Waals surface area contributed by atoms with Gasteiger partial charge >= 0.3 is 0 Å². The van der Waals surface area contributed by atoms with Crippen molar-refractivity contribution in [3.05, 3.63) is 46.6 Å². The van der Waals surface area contributed by atoms with E-state index < -0.39 is 0 Å². The first-order valence-electron chi connectivity index (χ1n) is 6.95. The highest BCUT2D eigenvalue weighted by atomic mass is 79.9. The Morgan fingerprint density at radius 3 is 2.76 bits per heavy atom. The lowest BCUT2D eigenvalue weighted by atomic mass is 10.2. The zero-order valence-corrected chi connectivity index (χ0v) is 13.2. The van der Waals surface area contributed by atoms with Gasteiger partial charge in [0.2, 0.25) is 5.91 Å². The average Bonchev–Trinajstić information content (AvgIpc) is 3.21. The van der Waals surface area contributed by atoms with Crippen LogP contribution in [0.1, 0.15) is 18.4 Å². The molecule has 0 saturated heterocycles. The summed E-state index contributed by atoms with van der Waals surface area (Å²) < 4.78 is 2.62. The van der Waals surface area contributed by atoms with Crippen LogP contribution in [-0.2, 0) is 17.9 Å². The van der Waals surface area contributed by atoms with E-state index in [-0.39, 0.29) is 12.5 Å². The number of amides is 1. The Hall–Kier alpha value is -1.82. The van der Waals surface area contributed by atoms with E-state index in [1.165, 1.54) is 0 Å². The molecular formula is C15H17BrN4O.